The third-order valence-corrected chi connectivity index (χ3v) is 4.90. The lowest BCUT2D eigenvalue weighted by molar-refractivity contribution is 0.256. The van der Waals surface area contributed by atoms with Gasteiger partial charge in [0.25, 0.3) is 0 Å². The second kappa shape index (κ2) is 5.68. The van der Waals surface area contributed by atoms with E-state index in [9.17, 15) is 0 Å². The molecule has 4 heteroatoms. The number of likely N-dealkylation sites (tertiary alicyclic amines) is 1. The van der Waals surface area contributed by atoms with Crippen molar-refractivity contribution in [1.82, 2.24) is 15.2 Å². The molecule has 1 aromatic rings. The topological polar surface area (TPSA) is 28.2 Å². The van der Waals surface area contributed by atoms with E-state index in [0.717, 1.165) is 6.54 Å². The van der Waals surface area contributed by atoms with Gasteiger partial charge in [0.15, 0.2) is 0 Å². The molecular weight excluding hydrogens is 242 g/mol. The molecule has 1 fully saturated rings. The van der Waals surface area contributed by atoms with E-state index in [-0.39, 0.29) is 0 Å². The molecule has 1 saturated heterocycles. The molecular formula is C14H25N3S. The van der Waals surface area contributed by atoms with Gasteiger partial charge in [0, 0.05) is 36.1 Å². The summed E-state index contributed by atoms with van der Waals surface area (Å²) in [7, 11) is 0. The van der Waals surface area contributed by atoms with Crippen LogP contribution < -0.4 is 5.32 Å². The van der Waals surface area contributed by atoms with Gasteiger partial charge in [-0.2, -0.15) is 0 Å². The molecule has 0 radical (unpaired) electrons. The molecule has 2 unspecified atom stereocenters. The Balaban J connectivity index is 1.99. The fraction of sp³-hybridized carbons (Fsp3) is 0.786. The highest BCUT2D eigenvalue weighted by molar-refractivity contribution is 7.11. The summed E-state index contributed by atoms with van der Waals surface area (Å²) in [5.41, 5.74) is 1.21. The van der Waals surface area contributed by atoms with Crippen LogP contribution in [-0.2, 0) is 0 Å². The van der Waals surface area contributed by atoms with Gasteiger partial charge in [-0.1, -0.05) is 13.8 Å². The molecule has 0 spiro atoms. The van der Waals surface area contributed by atoms with Crippen molar-refractivity contribution >= 4 is 11.3 Å². The molecule has 0 aliphatic carbocycles. The van der Waals surface area contributed by atoms with Crippen LogP contribution in [0.25, 0.3) is 0 Å². The molecule has 102 valence electrons. The minimum atomic E-state index is 0.509. The number of hydrogen-bond acceptors (Lipinski definition) is 4. The van der Waals surface area contributed by atoms with Crippen molar-refractivity contribution in [3.63, 3.8) is 0 Å². The first kappa shape index (κ1) is 14.0. The highest BCUT2D eigenvalue weighted by Crippen LogP contribution is 2.31. The van der Waals surface area contributed by atoms with E-state index in [2.05, 4.69) is 49.8 Å². The van der Waals surface area contributed by atoms with E-state index in [1.807, 2.05) is 11.3 Å². The van der Waals surface area contributed by atoms with Crippen molar-refractivity contribution in [1.29, 1.82) is 0 Å². The fourth-order valence-electron chi connectivity index (χ4n) is 2.85. The number of aryl methyl sites for hydroxylation is 2. The summed E-state index contributed by atoms with van der Waals surface area (Å²) in [6.45, 7) is 13.4. The first-order valence-electron chi connectivity index (χ1n) is 6.91. The zero-order valence-corrected chi connectivity index (χ0v) is 13.0. The van der Waals surface area contributed by atoms with Crippen molar-refractivity contribution in [2.24, 2.45) is 0 Å². The maximum absolute atomic E-state index is 4.55. The van der Waals surface area contributed by atoms with Gasteiger partial charge in [-0.3, -0.25) is 4.90 Å². The van der Waals surface area contributed by atoms with Gasteiger partial charge in [0.05, 0.1) is 10.7 Å². The van der Waals surface area contributed by atoms with Gasteiger partial charge in [-0.25, -0.2) is 4.98 Å². The second-order valence-corrected chi connectivity index (χ2v) is 6.90. The summed E-state index contributed by atoms with van der Waals surface area (Å²) in [5.74, 6) is 0. The Labute approximate surface area is 115 Å². The Morgan fingerprint density at radius 1 is 1.33 bits per heavy atom. The highest BCUT2D eigenvalue weighted by atomic mass is 32.1. The van der Waals surface area contributed by atoms with Gasteiger partial charge in [-0.05, 0) is 27.2 Å². The smallest absolute Gasteiger partial charge is 0.0900 e. The van der Waals surface area contributed by atoms with Gasteiger partial charge in [0.2, 0.25) is 0 Å². The first-order valence-corrected chi connectivity index (χ1v) is 7.73. The van der Waals surface area contributed by atoms with E-state index in [0.29, 0.717) is 18.1 Å². The van der Waals surface area contributed by atoms with Gasteiger partial charge in [0.1, 0.15) is 0 Å². The molecule has 3 nitrogen and oxygen atoms in total. The van der Waals surface area contributed by atoms with Crippen LogP contribution in [0.2, 0.25) is 0 Å². The predicted octanol–water partition coefficient (Wildman–Crippen LogP) is 2.89. The lowest BCUT2D eigenvalue weighted by Gasteiger charge is -2.24. The van der Waals surface area contributed by atoms with Crippen molar-refractivity contribution in [2.45, 2.75) is 59.2 Å². The average molecular weight is 267 g/mol. The number of thiazole rings is 1. The Hall–Kier alpha value is -0.450. The van der Waals surface area contributed by atoms with Crippen LogP contribution >= 0.6 is 11.3 Å². The van der Waals surface area contributed by atoms with Crippen LogP contribution in [-0.4, -0.2) is 35.1 Å². The Morgan fingerprint density at radius 3 is 2.61 bits per heavy atom. The molecule has 1 N–H and O–H groups in total. The molecule has 0 amide bonds. The maximum Gasteiger partial charge on any atom is 0.0900 e. The number of rotatable bonds is 4. The van der Waals surface area contributed by atoms with Crippen LogP contribution in [0.1, 0.15) is 48.8 Å². The van der Waals surface area contributed by atoms with E-state index >= 15 is 0 Å². The van der Waals surface area contributed by atoms with E-state index in [4.69, 9.17) is 0 Å². The Bertz CT molecular complexity index is 400. The van der Waals surface area contributed by atoms with E-state index in [1.165, 1.54) is 28.5 Å². The van der Waals surface area contributed by atoms with Crippen LogP contribution in [0.5, 0.6) is 0 Å². The number of nitrogens with zero attached hydrogens (tertiary/aromatic N) is 2. The number of hydrogen-bond donors (Lipinski definition) is 1. The van der Waals surface area contributed by atoms with E-state index in [1.54, 1.807) is 0 Å². The van der Waals surface area contributed by atoms with Gasteiger partial charge >= 0.3 is 0 Å². The Morgan fingerprint density at radius 2 is 2.06 bits per heavy atom. The molecule has 18 heavy (non-hydrogen) atoms. The number of nitrogens with one attached hydrogen (secondary N) is 1. The molecule has 2 atom stereocenters. The average Bonchev–Trinajstić information content (AvgIpc) is 2.84. The van der Waals surface area contributed by atoms with Gasteiger partial charge in [-0.15, -0.1) is 11.3 Å². The summed E-state index contributed by atoms with van der Waals surface area (Å²) in [5, 5.41) is 4.83. The van der Waals surface area contributed by atoms with Crippen LogP contribution in [0, 0.1) is 13.8 Å². The zero-order chi connectivity index (χ0) is 13.3. The Kier molecular flexibility index (Phi) is 4.41. The fourth-order valence-corrected chi connectivity index (χ4v) is 3.86. The predicted molar refractivity (Wildman–Crippen MR) is 78.3 cm³/mol. The van der Waals surface area contributed by atoms with Crippen molar-refractivity contribution in [3.05, 3.63) is 15.6 Å². The maximum atomic E-state index is 4.55. The highest BCUT2D eigenvalue weighted by Gasteiger charge is 2.28. The van der Waals surface area contributed by atoms with Crippen molar-refractivity contribution in [3.8, 4) is 0 Å². The summed E-state index contributed by atoms with van der Waals surface area (Å²) >= 11 is 1.85. The minimum Gasteiger partial charge on any atom is -0.310 e. The molecule has 2 heterocycles. The molecule has 0 bridgehead atoms. The summed E-state index contributed by atoms with van der Waals surface area (Å²) in [4.78, 5) is 8.57. The molecule has 1 aromatic heterocycles. The monoisotopic (exact) mass is 267 g/mol. The normalized spacial score (nSPS) is 22.9. The standard InChI is InChI=1S/C14H25N3S/c1-9(2)15-13-6-7-17(8-13)11(4)14-10(3)16-12(5)18-14/h9,11,13,15H,6-8H2,1-5H3. The van der Waals surface area contributed by atoms with Crippen molar-refractivity contribution < 1.29 is 0 Å². The molecule has 1 aliphatic rings. The van der Waals surface area contributed by atoms with Crippen LogP contribution in [0.4, 0.5) is 0 Å². The summed E-state index contributed by atoms with van der Waals surface area (Å²) in [6, 6.07) is 1.74. The second-order valence-electron chi connectivity index (χ2n) is 5.66. The third kappa shape index (κ3) is 3.11. The summed E-state index contributed by atoms with van der Waals surface area (Å²) < 4.78 is 0. The summed E-state index contributed by atoms with van der Waals surface area (Å²) in [6.07, 6.45) is 1.26. The minimum absolute atomic E-state index is 0.509. The third-order valence-electron chi connectivity index (χ3n) is 3.66. The molecule has 0 aromatic carbocycles. The number of aromatic nitrogens is 1. The SMILES string of the molecule is Cc1nc(C)c(C(C)N2CCC(NC(C)C)C2)s1. The molecule has 2 rings (SSSR count). The quantitative estimate of drug-likeness (QED) is 0.909. The lowest BCUT2D eigenvalue weighted by Crippen LogP contribution is -2.37. The van der Waals surface area contributed by atoms with Crippen LogP contribution in [0.15, 0.2) is 0 Å². The van der Waals surface area contributed by atoms with E-state index < -0.39 is 0 Å². The zero-order valence-electron chi connectivity index (χ0n) is 12.2. The molecule has 0 saturated carbocycles. The lowest BCUT2D eigenvalue weighted by atomic mass is 10.2. The largest absolute Gasteiger partial charge is 0.310 e. The van der Waals surface area contributed by atoms with Crippen molar-refractivity contribution in [2.75, 3.05) is 13.1 Å². The van der Waals surface area contributed by atoms with Gasteiger partial charge < -0.3 is 5.32 Å². The molecule has 1 aliphatic heterocycles. The first-order chi connectivity index (χ1) is 8.47. The van der Waals surface area contributed by atoms with Crippen LogP contribution in [0.3, 0.4) is 0 Å².